The van der Waals surface area contributed by atoms with Gasteiger partial charge < -0.3 is 13.9 Å². The molecule has 0 spiro atoms. The average Bonchev–Trinajstić information content (AvgIpc) is 2.65. The third-order valence-corrected chi connectivity index (χ3v) is 7.47. The minimum atomic E-state index is -1.34. The monoisotopic (exact) mass is 394 g/mol. The standard InChI is InChI=1S/C23H42O3Si/c1-4-26-27(2,3)22-16-11-9-7-5-6-8-10-15-19-24-20-21-25-23-17-13-12-14-18-23/h12-14,17-18H,4-11,15-16,19-22H2,1-3H3. The van der Waals surface area contributed by atoms with Gasteiger partial charge in [-0.3, -0.25) is 0 Å². The first-order valence-electron chi connectivity index (χ1n) is 11.0. The van der Waals surface area contributed by atoms with Crippen LogP contribution in [-0.4, -0.2) is 34.7 Å². The number of unbranched alkanes of at least 4 members (excludes halogenated alkanes) is 8. The van der Waals surface area contributed by atoms with Crippen LogP contribution >= 0.6 is 0 Å². The zero-order valence-electron chi connectivity index (χ0n) is 18.0. The van der Waals surface area contributed by atoms with Gasteiger partial charge in [0.25, 0.3) is 0 Å². The van der Waals surface area contributed by atoms with Crippen molar-refractivity contribution < 1.29 is 13.9 Å². The molecule has 0 fully saturated rings. The Morgan fingerprint density at radius 3 is 1.93 bits per heavy atom. The van der Waals surface area contributed by atoms with Crippen LogP contribution in [0.25, 0.3) is 0 Å². The zero-order valence-corrected chi connectivity index (χ0v) is 19.0. The quantitative estimate of drug-likeness (QED) is 0.202. The van der Waals surface area contributed by atoms with E-state index in [0.29, 0.717) is 13.2 Å². The number of para-hydroxylation sites is 1. The topological polar surface area (TPSA) is 27.7 Å². The second kappa shape index (κ2) is 16.1. The molecule has 27 heavy (non-hydrogen) atoms. The van der Waals surface area contributed by atoms with E-state index in [1.807, 2.05) is 30.3 Å². The zero-order chi connectivity index (χ0) is 19.6. The molecule has 0 saturated heterocycles. The fourth-order valence-corrected chi connectivity index (χ4v) is 5.32. The molecular formula is C23H42O3Si. The summed E-state index contributed by atoms with van der Waals surface area (Å²) < 4.78 is 17.1. The van der Waals surface area contributed by atoms with Crippen LogP contribution in [0.15, 0.2) is 30.3 Å². The third kappa shape index (κ3) is 14.8. The normalized spacial score (nSPS) is 11.7. The van der Waals surface area contributed by atoms with Crippen LogP contribution in [-0.2, 0) is 9.16 Å². The summed E-state index contributed by atoms with van der Waals surface area (Å²) in [6, 6.07) is 11.2. The lowest BCUT2D eigenvalue weighted by Crippen LogP contribution is -2.29. The van der Waals surface area contributed by atoms with E-state index in [-0.39, 0.29) is 0 Å². The minimum Gasteiger partial charge on any atom is -0.491 e. The molecule has 0 unspecified atom stereocenters. The first kappa shape index (κ1) is 24.2. The van der Waals surface area contributed by atoms with Gasteiger partial charge >= 0.3 is 0 Å². The molecule has 0 aliphatic carbocycles. The first-order chi connectivity index (χ1) is 13.1. The van der Waals surface area contributed by atoms with Crippen LogP contribution in [0.2, 0.25) is 19.1 Å². The smallest absolute Gasteiger partial charge is 0.186 e. The van der Waals surface area contributed by atoms with Crippen molar-refractivity contribution in [2.24, 2.45) is 0 Å². The molecule has 0 aromatic heterocycles. The Kier molecular flexibility index (Phi) is 14.5. The van der Waals surface area contributed by atoms with E-state index in [1.54, 1.807) is 0 Å². The highest BCUT2D eigenvalue weighted by Gasteiger charge is 2.20. The van der Waals surface area contributed by atoms with Crippen LogP contribution in [0.3, 0.4) is 0 Å². The van der Waals surface area contributed by atoms with Crippen LogP contribution in [0.1, 0.15) is 64.7 Å². The van der Waals surface area contributed by atoms with Crippen molar-refractivity contribution in [1.82, 2.24) is 0 Å². The number of hydrogen-bond donors (Lipinski definition) is 0. The van der Waals surface area contributed by atoms with E-state index in [9.17, 15) is 0 Å². The van der Waals surface area contributed by atoms with Gasteiger partial charge in [-0.25, -0.2) is 0 Å². The maximum Gasteiger partial charge on any atom is 0.186 e. The van der Waals surface area contributed by atoms with E-state index in [2.05, 4.69) is 20.0 Å². The molecular weight excluding hydrogens is 352 g/mol. The van der Waals surface area contributed by atoms with Crippen LogP contribution in [0, 0.1) is 0 Å². The van der Waals surface area contributed by atoms with Crippen molar-refractivity contribution >= 4 is 8.32 Å². The molecule has 4 heteroatoms. The Bertz CT molecular complexity index is 437. The highest BCUT2D eigenvalue weighted by molar-refractivity contribution is 6.71. The fraction of sp³-hybridized carbons (Fsp3) is 0.739. The van der Waals surface area contributed by atoms with Gasteiger partial charge in [0.15, 0.2) is 8.32 Å². The van der Waals surface area contributed by atoms with Crippen molar-refractivity contribution in [2.45, 2.75) is 83.8 Å². The Hall–Kier alpha value is -0.843. The van der Waals surface area contributed by atoms with Gasteiger partial charge in [0.05, 0.1) is 6.61 Å². The highest BCUT2D eigenvalue weighted by atomic mass is 28.4. The van der Waals surface area contributed by atoms with Gasteiger partial charge in [-0.15, -0.1) is 0 Å². The predicted molar refractivity (Wildman–Crippen MR) is 118 cm³/mol. The molecule has 0 N–H and O–H groups in total. The Morgan fingerprint density at radius 2 is 1.30 bits per heavy atom. The molecule has 0 saturated carbocycles. The maximum atomic E-state index is 5.88. The van der Waals surface area contributed by atoms with E-state index >= 15 is 0 Å². The molecule has 0 heterocycles. The summed E-state index contributed by atoms with van der Waals surface area (Å²) in [6.45, 7) is 9.85. The Labute approximate surface area is 168 Å². The molecule has 3 nitrogen and oxygen atoms in total. The predicted octanol–water partition coefficient (Wildman–Crippen LogP) is 6.83. The summed E-state index contributed by atoms with van der Waals surface area (Å²) in [5.41, 5.74) is 0. The van der Waals surface area contributed by atoms with Gasteiger partial charge in [0, 0.05) is 13.2 Å². The summed E-state index contributed by atoms with van der Waals surface area (Å²) in [4.78, 5) is 0. The summed E-state index contributed by atoms with van der Waals surface area (Å²) in [7, 11) is -1.34. The number of rotatable bonds is 18. The number of benzene rings is 1. The lowest BCUT2D eigenvalue weighted by molar-refractivity contribution is 0.0970. The molecule has 1 aromatic carbocycles. The van der Waals surface area contributed by atoms with E-state index in [0.717, 1.165) is 19.0 Å². The molecule has 1 aromatic rings. The van der Waals surface area contributed by atoms with Crippen molar-refractivity contribution in [3.63, 3.8) is 0 Å². The summed E-state index contributed by atoms with van der Waals surface area (Å²) in [5.74, 6) is 0.918. The number of ether oxygens (including phenoxy) is 2. The van der Waals surface area contributed by atoms with Crippen LogP contribution < -0.4 is 4.74 Å². The maximum absolute atomic E-state index is 5.88. The second-order valence-corrected chi connectivity index (χ2v) is 12.2. The summed E-state index contributed by atoms with van der Waals surface area (Å²) >= 11 is 0. The van der Waals surface area contributed by atoms with Gasteiger partial charge in [0.2, 0.25) is 0 Å². The van der Waals surface area contributed by atoms with Crippen molar-refractivity contribution in [1.29, 1.82) is 0 Å². The van der Waals surface area contributed by atoms with Gasteiger partial charge in [-0.05, 0) is 44.6 Å². The van der Waals surface area contributed by atoms with Crippen LogP contribution in [0.5, 0.6) is 5.75 Å². The van der Waals surface area contributed by atoms with Gasteiger partial charge in [-0.1, -0.05) is 69.6 Å². The molecule has 0 aliphatic rings. The average molecular weight is 395 g/mol. The molecule has 156 valence electrons. The van der Waals surface area contributed by atoms with Crippen molar-refractivity contribution in [2.75, 3.05) is 26.4 Å². The molecule has 0 bridgehead atoms. The van der Waals surface area contributed by atoms with E-state index < -0.39 is 8.32 Å². The number of hydrogen-bond acceptors (Lipinski definition) is 3. The van der Waals surface area contributed by atoms with E-state index in [1.165, 1.54) is 63.8 Å². The first-order valence-corrected chi connectivity index (χ1v) is 14.1. The third-order valence-electron chi connectivity index (χ3n) is 4.84. The van der Waals surface area contributed by atoms with Crippen molar-refractivity contribution in [3.8, 4) is 5.75 Å². The van der Waals surface area contributed by atoms with E-state index in [4.69, 9.17) is 13.9 Å². The highest BCUT2D eigenvalue weighted by Crippen LogP contribution is 2.17. The lowest BCUT2D eigenvalue weighted by Gasteiger charge is -2.21. The van der Waals surface area contributed by atoms with Crippen molar-refractivity contribution in [3.05, 3.63) is 30.3 Å². The Balaban J connectivity index is 1.75. The molecule has 0 amide bonds. The van der Waals surface area contributed by atoms with Gasteiger partial charge in [0.1, 0.15) is 12.4 Å². The largest absolute Gasteiger partial charge is 0.491 e. The molecule has 1 rings (SSSR count). The lowest BCUT2D eigenvalue weighted by atomic mass is 10.1. The second-order valence-electron chi connectivity index (χ2n) is 7.90. The fourth-order valence-electron chi connectivity index (χ4n) is 3.29. The summed E-state index contributed by atoms with van der Waals surface area (Å²) in [5, 5.41) is 0. The SMILES string of the molecule is CCO[Si](C)(C)CCCCCCCCCCCOCCOc1ccccc1. The van der Waals surface area contributed by atoms with Gasteiger partial charge in [-0.2, -0.15) is 0 Å². The molecule has 0 radical (unpaired) electrons. The molecule has 0 aliphatic heterocycles. The summed E-state index contributed by atoms with van der Waals surface area (Å²) in [6.07, 6.45) is 12.1. The van der Waals surface area contributed by atoms with Crippen LogP contribution in [0.4, 0.5) is 0 Å². The minimum absolute atomic E-state index is 0.633. The Morgan fingerprint density at radius 1 is 0.704 bits per heavy atom. The molecule has 0 atom stereocenters.